The molecular formula is C14H17ClN4O2. The van der Waals surface area contributed by atoms with Crippen LogP contribution in [-0.2, 0) is 11.2 Å². The highest BCUT2D eigenvalue weighted by atomic mass is 35.5. The minimum atomic E-state index is -0.923. The summed E-state index contributed by atoms with van der Waals surface area (Å²) >= 11 is 5.85. The van der Waals surface area contributed by atoms with Gasteiger partial charge in [-0.3, -0.25) is 0 Å². The lowest BCUT2D eigenvalue weighted by molar-refractivity contribution is -0.141. The third kappa shape index (κ3) is 4.01. The molecule has 0 bridgehead atoms. The fraction of sp³-hybridized carbons (Fsp3) is 0.429. The Bertz CT molecular complexity index is 610. The van der Waals surface area contributed by atoms with E-state index < -0.39 is 12.0 Å². The number of aliphatic carboxylic acids is 1. The second kappa shape index (κ2) is 6.67. The van der Waals surface area contributed by atoms with Crippen molar-refractivity contribution in [2.45, 2.75) is 32.7 Å². The topological polar surface area (TPSA) is 80.9 Å². The van der Waals surface area contributed by atoms with Gasteiger partial charge in [0.2, 0.25) is 0 Å². The van der Waals surface area contributed by atoms with Gasteiger partial charge in [0, 0.05) is 11.4 Å². The normalized spacial score (nSPS) is 12.6. The highest BCUT2D eigenvalue weighted by Gasteiger charge is 2.25. The molecule has 0 fully saturated rings. The molecule has 0 aliphatic rings. The molecule has 0 spiro atoms. The van der Waals surface area contributed by atoms with Crippen LogP contribution in [0.2, 0.25) is 5.02 Å². The third-order valence-electron chi connectivity index (χ3n) is 3.11. The zero-order valence-electron chi connectivity index (χ0n) is 11.9. The summed E-state index contributed by atoms with van der Waals surface area (Å²) in [6, 6.07) is 6.57. The van der Waals surface area contributed by atoms with Crippen LogP contribution in [0, 0.1) is 5.92 Å². The Hall–Kier alpha value is -1.95. The van der Waals surface area contributed by atoms with E-state index in [2.05, 4.69) is 15.5 Å². The minimum absolute atomic E-state index is 0.235. The highest BCUT2D eigenvalue weighted by Crippen LogP contribution is 2.19. The van der Waals surface area contributed by atoms with Gasteiger partial charge in [-0.1, -0.05) is 37.6 Å². The average molecular weight is 309 g/mol. The predicted octanol–water partition coefficient (Wildman–Crippen LogP) is 2.59. The summed E-state index contributed by atoms with van der Waals surface area (Å²) in [7, 11) is 0. The standard InChI is InChI=1S/C14H17ClN4O2/c1-9(2)7-12(14(20)21)19-13(16-17-18-19)8-10-3-5-11(15)6-4-10/h3-6,9,12H,7-8H2,1-2H3,(H,20,21). The predicted molar refractivity (Wildman–Crippen MR) is 78.2 cm³/mol. The number of rotatable bonds is 6. The molecule has 0 radical (unpaired) electrons. The van der Waals surface area contributed by atoms with Crippen molar-refractivity contribution in [1.29, 1.82) is 0 Å². The van der Waals surface area contributed by atoms with E-state index in [-0.39, 0.29) is 5.92 Å². The average Bonchev–Trinajstić information content (AvgIpc) is 2.86. The number of aromatic nitrogens is 4. The van der Waals surface area contributed by atoms with Crippen LogP contribution >= 0.6 is 11.6 Å². The lowest BCUT2D eigenvalue weighted by Crippen LogP contribution is -2.24. The second-order valence-electron chi connectivity index (χ2n) is 5.33. The first kappa shape index (κ1) is 15.4. The number of hydrogen-bond donors (Lipinski definition) is 1. The molecule has 1 unspecified atom stereocenters. The van der Waals surface area contributed by atoms with Gasteiger partial charge < -0.3 is 5.11 Å². The number of carbonyl (C=O) groups is 1. The first-order valence-corrected chi connectivity index (χ1v) is 7.09. The molecule has 2 aromatic rings. The Morgan fingerprint density at radius 2 is 2.00 bits per heavy atom. The minimum Gasteiger partial charge on any atom is -0.480 e. The van der Waals surface area contributed by atoms with E-state index in [1.54, 1.807) is 12.1 Å². The van der Waals surface area contributed by atoms with Crippen LogP contribution in [0.5, 0.6) is 0 Å². The zero-order valence-corrected chi connectivity index (χ0v) is 12.7. The number of benzene rings is 1. The molecule has 0 aliphatic carbocycles. The smallest absolute Gasteiger partial charge is 0.328 e. The SMILES string of the molecule is CC(C)CC(C(=O)O)n1nnnc1Cc1ccc(Cl)cc1. The van der Waals surface area contributed by atoms with Crippen LogP contribution in [0.4, 0.5) is 0 Å². The van der Waals surface area contributed by atoms with Gasteiger partial charge in [-0.2, -0.15) is 0 Å². The first-order valence-electron chi connectivity index (χ1n) is 6.71. The van der Waals surface area contributed by atoms with Gasteiger partial charge in [-0.25, -0.2) is 9.48 Å². The Kier molecular flexibility index (Phi) is 4.90. The molecule has 1 aromatic heterocycles. The molecule has 1 aromatic carbocycles. The molecule has 112 valence electrons. The zero-order chi connectivity index (χ0) is 15.4. The van der Waals surface area contributed by atoms with Gasteiger partial charge >= 0.3 is 5.97 Å². The Balaban J connectivity index is 2.24. The Morgan fingerprint density at radius 3 is 2.57 bits per heavy atom. The molecular weight excluding hydrogens is 292 g/mol. The highest BCUT2D eigenvalue weighted by molar-refractivity contribution is 6.30. The van der Waals surface area contributed by atoms with E-state index >= 15 is 0 Å². The number of tetrazole rings is 1. The third-order valence-corrected chi connectivity index (χ3v) is 3.36. The summed E-state index contributed by atoms with van der Waals surface area (Å²) in [6.45, 7) is 3.94. The molecule has 7 heteroatoms. The van der Waals surface area contributed by atoms with Crippen molar-refractivity contribution in [3.8, 4) is 0 Å². The van der Waals surface area contributed by atoms with Gasteiger partial charge in [0.25, 0.3) is 0 Å². The van der Waals surface area contributed by atoms with Crippen LogP contribution in [0.15, 0.2) is 24.3 Å². The number of carboxylic acid groups (broad SMARTS) is 1. The number of hydrogen-bond acceptors (Lipinski definition) is 4. The summed E-state index contributed by atoms with van der Waals surface area (Å²) < 4.78 is 1.40. The number of nitrogens with zero attached hydrogens (tertiary/aromatic N) is 4. The van der Waals surface area contributed by atoms with Crippen molar-refractivity contribution < 1.29 is 9.90 Å². The summed E-state index contributed by atoms with van der Waals surface area (Å²) in [5, 5.41) is 21.5. The number of carboxylic acids is 1. The maximum Gasteiger partial charge on any atom is 0.328 e. The maximum absolute atomic E-state index is 11.4. The summed E-state index contributed by atoms with van der Waals surface area (Å²) in [6.07, 6.45) is 0.944. The van der Waals surface area contributed by atoms with Gasteiger partial charge in [0.05, 0.1) is 0 Å². The van der Waals surface area contributed by atoms with E-state index in [1.807, 2.05) is 26.0 Å². The maximum atomic E-state index is 11.4. The molecule has 1 atom stereocenters. The number of halogens is 1. The van der Waals surface area contributed by atoms with Crippen molar-refractivity contribution in [2.75, 3.05) is 0 Å². The molecule has 21 heavy (non-hydrogen) atoms. The van der Waals surface area contributed by atoms with Gasteiger partial charge in [0.15, 0.2) is 11.9 Å². The van der Waals surface area contributed by atoms with Crippen molar-refractivity contribution in [1.82, 2.24) is 20.2 Å². The Labute approximate surface area is 127 Å². The van der Waals surface area contributed by atoms with Crippen LogP contribution in [0.25, 0.3) is 0 Å². The van der Waals surface area contributed by atoms with Gasteiger partial charge in [0.1, 0.15) is 0 Å². The summed E-state index contributed by atoms with van der Waals surface area (Å²) in [5.41, 5.74) is 0.976. The van der Waals surface area contributed by atoms with Gasteiger partial charge in [-0.05, 0) is 40.5 Å². The quantitative estimate of drug-likeness (QED) is 0.887. The molecule has 0 aliphatic heterocycles. The molecule has 1 N–H and O–H groups in total. The van der Waals surface area contributed by atoms with Crippen molar-refractivity contribution in [2.24, 2.45) is 5.92 Å². The van der Waals surface area contributed by atoms with E-state index in [1.165, 1.54) is 4.68 Å². The van der Waals surface area contributed by atoms with E-state index in [9.17, 15) is 9.90 Å². The molecule has 0 amide bonds. The lowest BCUT2D eigenvalue weighted by atomic mass is 10.0. The van der Waals surface area contributed by atoms with Crippen molar-refractivity contribution in [3.63, 3.8) is 0 Å². The molecule has 6 nitrogen and oxygen atoms in total. The van der Waals surface area contributed by atoms with E-state index in [0.717, 1.165) is 5.56 Å². The monoisotopic (exact) mass is 308 g/mol. The fourth-order valence-corrected chi connectivity index (χ4v) is 2.23. The van der Waals surface area contributed by atoms with Crippen molar-refractivity contribution >= 4 is 17.6 Å². The first-order chi connectivity index (χ1) is 9.97. The summed E-state index contributed by atoms with van der Waals surface area (Å²) in [5.74, 6) is -0.155. The molecule has 1 heterocycles. The Morgan fingerprint density at radius 1 is 1.33 bits per heavy atom. The van der Waals surface area contributed by atoms with Crippen molar-refractivity contribution in [3.05, 3.63) is 40.7 Å². The fourth-order valence-electron chi connectivity index (χ4n) is 2.11. The van der Waals surface area contributed by atoms with Crippen LogP contribution in [0.1, 0.15) is 37.7 Å². The molecule has 0 saturated carbocycles. The molecule has 0 saturated heterocycles. The van der Waals surface area contributed by atoms with Crippen LogP contribution < -0.4 is 0 Å². The largest absolute Gasteiger partial charge is 0.480 e. The van der Waals surface area contributed by atoms with Crippen LogP contribution in [-0.4, -0.2) is 31.3 Å². The van der Waals surface area contributed by atoms with E-state index in [0.29, 0.717) is 23.7 Å². The summed E-state index contributed by atoms with van der Waals surface area (Å²) in [4.78, 5) is 11.4. The second-order valence-corrected chi connectivity index (χ2v) is 5.76. The van der Waals surface area contributed by atoms with Gasteiger partial charge in [-0.15, -0.1) is 5.10 Å². The van der Waals surface area contributed by atoms with Crippen LogP contribution in [0.3, 0.4) is 0 Å². The van der Waals surface area contributed by atoms with E-state index in [4.69, 9.17) is 11.6 Å². The molecule has 2 rings (SSSR count). The lowest BCUT2D eigenvalue weighted by Gasteiger charge is -2.16.